The zero-order valence-electron chi connectivity index (χ0n) is 13.6. The van der Waals surface area contributed by atoms with E-state index in [0.717, 1.165) is 59.7 Å². The van der Waals surface area contributed by atoms with Crippen LogP contribution in [-0.2, 0) is 6.67 Å². The van der Waals surface area contributed by atoms with Gasteiger partial charge in [0.1, 0.15) is 0 Å². The summed E-state index contributed by atoms with van der Waals surface area (Å²) < 4.78 is 3.27. The van der Waals surface area contributed by atoms with Gasteiger partial charge < -0.3 is 4.90 Å². The molecule has 1 aromatic heterocycles. The van der Waals surface area contributed by atoms with Crippen molar-refractivity contribution in [2.45, 2.75) is 25.7 Å². The maximum atomic E-state index is 4.42. The SMILES string of the molecule is CCN(CC)CCN1CSc2nnc(-c3ccccc3Br)n2C1. The molecule has 23 heavy (non-hydrogen) atoms. The highest BCUT2D eigenvalue weighted by Gasteiger charge is 2.23. The minimum Gasteiger partial charge on any atom is -0.303 e. The van der Waals surface area contributed by atoms with Gasteiger partial charge in [-0.2, -0.15) is 0 Å². The Labute approximate surface area is 150 Å². The largest absolute Gasteiger partial charge is 0.303 e. The molecule has 1 aliphatic heterocycles. The van der Waals surface area contributed by atoms with Crippen LogP contribution >= 0.6 is 27.7 Å². The van der Waals surface area contributed by atoms with Crippen molar-refractivity contribution in [1.29, 1.82) is 0 Å². The summed E-state index contributed by atoms with van der Waals surface area (Å²) in [5.41, 5.74) is 1.09. The molecule has 0 unspecified atom stereocenters. The molecule has 2 heterocycles. The van der Waals surface area contributed by atoms with E-state index in [0.29, 0.717) is 0 Å². The van der Waals surface area contributed by atoms with Crippen LogP contribution in [0.5, 0.6) is 0 Å². The number of thioether (sulfide) groups is 1. The molecule has 5 nitrogen and oxygen atoms in total. The zero-order valence-corrected chi connectivity index (χ0v) is 16.0. The molecule has 0 aliphatic carbocycles. The van der Waals surface area contributed by atoms with Gasteiger partial charge >= 0.3 is 0 Å². The average molecular weight is 396 g/mol. The predicted molar refractivity (Wildman–Crippen MR) is 98.4 cm³/mol. The Bertz CT molecular complexity index is 656. The number of hydrogen-bond acceptors (Lipinski definition) is 5. The third-order valence-corrected chi connectivity index (χ3v) is 5.92. The van der Waals surface area contributed by atoms with Crippen molar-refractivity contribution < 1.29 is 0 Å². The summed E-state index contributed by atoms with van der Waals surface area (Å²) in [5.74, 6) is 1.92. The van der Waals surface area contributed by atoms with Gasteiger partial charge in [-0.05, 0) is 19.2 Å². The summed E-state index contributed by atoms with van der Waals surface area (Å²) in [5, 5.41) is 9.78. The minimum absolute atomic E-state index is 0.854. The number of aromatic nitrogens is 3. The third-order valence-electron chi connectivity index (χ3n) is 4.18. The quantitative estimate of drug-likeness (QED) is 0.749. The molecule has 7 heteroatoms. The second kappa shape index (κ2) is 7.79. The summed E-state index contributed by atoms with van der Waals surface area (Å²) in [4.78, 5) is 4.92. The molecule has 1 aromatic carbocycles. The van der Waals surface area contributed by atoms with Gasteiger partial charge in [-0.25, -0.2) is 0 Å². The third kappa shape index (κ3) is 3.79. The smallest absolute Gasteiger partial charge is 0.193 e. The van der Waals surface area contributed by atoms with Crippen molar-refractivity contribution in [3.05, 3.63) is 28.7 Å². The first-order valence-corrected chi connectivity index (χ1v) is 9.76. The fourth-order valence-corrected chi connectivity index (χ4v) is 4.08. The van der Waals surface area contributed by atoms with E-state index in [4.69, 9.17) is 0 Å². The summed E-state index contributed by atoms with van der Waals surface area (Å²) >= 11 is 5.39. The van der Waals surface area contributed by atoms with Crippen molar-refractivity contribution in [2.24, 2.45) is 0 Å². The van der Waals surface area contributed by atoms with Crippen LogP contribution in [0.1, 0.15) is 13.8 Å². The molecule has 0 bridgehead atoms. The van der Waals surface area contributed by atoms with Gasteiger partial charge in [0.25, 0.3) is 0 Å². The number of rotatable bonds is 6. The molecule has 0 fully saturated rings. The molecule has 3 rings (SSSR count). The van der Waals surface area contributed by atoms with E-state index >= 15 is 0 Å². The van der Waals surface area contributed by atoms with Gasteiger partial charge in [-0.1, -0.05) is 59.7 Å². The number of hydrogen-bond donors (Lipinski definition) is 0. The van der Waals surface area contributed by atoms with Crippen molar-refractivity contribution in [3.63, 3.8) is 0 Å². The van der Waals surface area contributed by atoms with Crippen LogP contribution in [0.4, 0.5) is 0 Å². The molecule has 0 atom stereocenters. The highest BCUT2D eigenvalue weighted by Crippen LogP contribution is 2.32. The van der Waals surface area contributed by atoms with Gasteiger partial charge in [0, 0.05) is 23.1 Å². The second-order valence-corrected chi connectivity index (χ2v) is 7.32. The lowest BCUT2D eigenvalue weighted by Crippen LogP contribution is -2.38. The Kier molecular flexibility index (Phi) is 5.74. The predicted octanol–water partition coefficient (Wildman–Crippen LogP) is 3.37. The van der Waals surface area contributed by atoms with E-state index in [1.807, 2.05) is 18.2 Å². The lowest BCUT2D eigenvalue weighted by Gasteiger charge is -2.30. The van der Waals surface area contributed by atoms with E-state index in [2.05, 4.69) is 60.4 Å². The molecule has 0 radical (unpaired) electrons. The van der Waals surface area contributed by atoms with E-state index in [-0.39, 0.29) is 0 Å². The molecular formula is C16H22BrN5S. The zero-order chi connectivity index (χ0) is 16.2. The first kappa shape index (κ1) is 17.0. The van der Waals surface area contributed by atoms with Crippen LogP contribution in [0.2, 0.25) is 0 Å². The lowest BCUT2D eigenvalue weighted by molar-refractivity contribution is 0.195. The van der Waals surface area contributed by atoms with Gasteiger partial charge in [0.2, 0.25) is 0 Å². The Morgan fingerprint density at radius 2 is 2.00 bits per heavy atom. The van der Waals surface area contributed by atoms with E-state index in [1.54, 1.807) is 11.8 Å². The number of halogens is 1. The summed E-state index contributed by atoms with van der Waals surface area (Å²) in [6, 6.07) is 8.19. The van der Waals surface area contributed by atoms with Crippen molar-refractivity contribution in [1.82, 2.24) is 24.6 Å². The fraction of sp³-hybridized carbons (Fsp3) is 0.500. The lowest BCUT2D eigenvalue weighted by atomic mass is 10.2. The van der Waals surface area contributed by atoms with Crippen LogP contribution in [0, 0.1) is 0 Å². The molecular weight excluding hydrogens is 374 g/mol. The highest BCUT2D eigenvalue weighted by molar-refractivity contribution is 9.10. The number of nitrogens with zero attached hydrogens (tertiary/aromatic N) is 5. The molecule has 2 aromatic rings. The van der Waals surface area contributed by atoms with Gasteiger partial charge in [0.05, 0.1) is 12.5 Å². The number of likely N-dealkylation sites (N-methyl/N-ethyl adjacent to an activating group) is 1. The summed E-state index contributed by atoms with van der Waals surface area (Å²) in [7, 11) is 0. The molecule has 0 spiro atoms. The number of fused-ring (bicyclic) bond motifs is 1. The average Bonchev–Trinajstić information content (AvgIpc) is 2.99. The van der Waals surface area contributed by atoms with Crippen LogP contribution in [0.15, 0.2) is 33.9 Å². The summed E-state index contributed by atoms with van der Waals surface area (Å²) in [6.07, 6.45) is 0. The topological polar surface area (TPSA) is 37.2 Å². The Hall–Kier alpha value is -0.890. The molecule has 124 valence electrons. The van der Waals surface area contributed by atoms with Crippen molar-refractivity contribution in [3.8, 4) is 11.4 Å². The monoisotopic (exact) mass is 395 g/mol. The molecule has 1 aliphatic rings. The second-order valence-electron chi connectivity index (χ2n) is 5.55. The van der Waals surface area contributed by atoms with Crippen LogP contribution in [0.3, 0.4) is 0 Å². The maximum Gasteiger partial charge on any atom is 0.193 e. The highest BCUT2D eigenvalue weighted by atomic mass is 79.9. The van der Waals surface area contributed by atoms with Crippen LogP contribution < -0.4 is 0 Å². The van der Waals surface area contributed by atoms with E-state index in [1.165, 1.54) is 0 Å². The Balaban J connectivity index is 1.75. The maximum absolute atomic E-state index is 4.42. The molecule has 0 N–H and O–H groups in total. The van der Waals surface area contributed by atoms with Gasteiger partial charge in [-0.3, -0.25) is 9.47 Å². The normalized spacial score (nSPS) is 15.1. The first-order chi connectivity index (χ1) is 11.2. The van der Waals surface area contributed by atoms with Gasteiger partial charge in [0.15, 0.2) is 11.0 Å². The van der Waals surface area contributed by atoms with Crippen molar-refractivity contribution in [2.75, 3.05) is 32.1 Å². The van der Waals surface area contributed by atoms with Crippen LogP contribution in [0.25, 0.3) is 11.4 Å². The molecule has 0 saturated carbocycles. The first-order valence-electron chi connectivity index (χ1n) is 7.98. The standard InChI is InChI=1S/C16H22BrN5S/c1-3-20(4-2)9-10-21-11-22-15(18-19-16(22)23-12-21)13-7-5-6-8-14(13)17/h5-8H,3-4,9-12H2,1-2H3. The van der Waals surface area contributed by atoms with E-state index in [9.17, 15) is 0 Å². The molecule has 0 saturated heterocycles. The van der Waals surface area contributed by atoms with Gasteiger partial charge in [-0.15, -0.1) is 10.2 Å². The fourth-order valence-electron chi connectivity index (χ4n) is 2.71. The van der Waals surface area contributed by atoms with E-state index < -0.39 is 0 Å². The Morgan fingerprint density at radius 3 is 2.74 bits per heavy atom. The Morgan fingerprint density at radius 1 is 1.22 bits per heavy atom. The van der Waals surface area contributed by atoms with Crippen LogP contribution in [-0.4, -0.2) is 56.6 Å². The molecule has 0 amide bonds. The summed E-state index contributed by atoms with van der Waals surface area (Å²) in [6.45, 7) is 9.69. The minimum atomic E-state index is 0.854. The van der Waals surface area contributed by atoms with Crippen molar-refractivity contribution >= 4 is 27.7 Å². The number of benzene rings is 1.